The second kappa shape index (κ2) is 8.52. The Morgan fingerprint density at radius 2 is 2.04 bits per heavy atom. The fourth-order valence-electron chi connectivity index (χ4n) is 2.65. The SMILES string of the molecule is COc1ccc(NC(=O)[C@@H](NC2CCOCC2)C(C)C)cc1Cl. The van der Waals surface area contributed by atoms with E-state index in [1.807, 2.05) is 13.8 Å². The molecule has 128 valence electrons. The van der Waals surface area contributed by atoms with Crippen molar-refractivity contribution in [2.24, 2.45) is 5.92 Å². The number of ether oxygens (including phenoxy) is 2. The summed E-state index contributed by atoms with van der Waals surface area (Å²) in [6.07, 6.45) is 1.87. The summed E-state index contributed by atoms with van der Waals surface area (Å²) < 4.78 is 10.5. The molecule has 0 aliphatic carbocycles. The molecule has 1 heterocycles. The molecule has 5 nitrogen and oxygen atoms in total. The van der Waals surface area contributed by atoms with E-state index in [0.29, 0.717) is 22.5 Å². The molecule has 0 aromatic heterocycles. The van der Waals surface area contributed by atoms with Crippen molar-refractivity contribution in [1.29, 1.82) is 0 Å². The van der Waals surface area contributed by atoms with E-state index in [9.17, 15) is 4.79 Å². The van der Waals surface area contributed by atoms with Crippen molar-refractivity contribution in [3.05, 3.63) is 23.2 Å². The third-order valence-electron chi connectivity index (χ3n) is 4.01. The molecule has 1 aromatic rings. The molecule has 1 aliphatic heterocycles. The van der Waals surface area contributed by atoms with Gasteiger partial charge < -0.3 is 20.1 Å². The number of carbonyl (C=O) groups excluding carboxylic acids is 1. The third kappa shape index (κ3) is 5.09. The Kier molecular flexibility index (Phi) is 6.69. The standard InChI is InChI=1S/C17H25ClN2O3/c1-11(2)16(19-12-6-8-23-9-7-12)17(21)20-13-4-5-15(22-3)14(18)10-13/h4-5,10-12,16,19H,6-9H2,1-3H3,(H,20,21)/t16-/m0/s1. The minimum atomic E-state index is -0.251. The topological polar surface area (TPSA) is 59.6 Å². The van der Waals surface area contributed by atoms with Crippen molar-refractivity contribution in [2.45, 2.75) is 38.8 Å². The highest BCUT2D eigenvalue weighted by Gasteiger charge is 2.26. The molecule has 1 amide bonds. The molecule has 2 rings (SSSR count). The first-order valence-electron chi connectivity index (χ1n) is 7.99. The van der Waals surface area contributed by atoms with Gasteiger partial charge in [0.2, 0.25) is 5.91 Å². The number of hydrogen-bond donors (Lipinski definition) is 2. The Hall–Kier alpha value is -1.30. The lowest BCUT2D eigenvalue weighted by Crippen LogP contribution is -2.50. The lowest BCUT2D eigenvalue weighted by Gasteiger charge is -2.30. The smallest absolute Gasteiger partial charge is 0.241 e. The van der Waals surface area contributed by atoms with E-state index < -0.39 is 0 Å². The maximum absolute atomic E-state index is 12.6. The maximum atomic E-state index is 12.6. The molecule has 0 bridgehead atoms. The van der Waals surface area contributed by atoms with Crippen LogP contribution in [0.15, 0.2) is 18.2 Å². The Labute approximate surface area is 142 Å². The van der Waals surface area contributed by atoms with Crippen LogP contribution in [0.1, 0.15) is 26.7 Å². The number of halogens is 1. The van der Waals surface area contributed by atoms with Gasteiger partial charge in [-0.1, -0.05) is 25.4 Å². The molecule has 1 aliphatic rings. The van der Waals surface area contributed by atoms with Gasteiger partial charge in [-0.15, -0.1) is 0 Å². The molecule has 1 atom stereocenters. The maximum Gasteiger partial charge on any atom is 0.241 e. The number of nitrogens with one attached hydrogen (secondary N) is 2. The predicted molar refractivity (Wildman–Crippen MR) is 92.2 cm³/mol. The minimum Gasteiger partial charge on any atom is -0.495 e. The number of amides is 1. The van der Waals surface area contributed by atoms with Gasteiger partial charge >= 0.3 is 0 Å². The number of methoxy groups -OCH3 is 1. The summed E-state index contributed by atoms with van der Waals surface area (Å²) in [5.41, 5.74) is 0.667. The van der Waals surface area contributed by atoms with E-state index in [0.717, 1.165) is 26.1 Å². The summed E-state index contributed by atoms with van der Waals surface area (Å²) in [7, 11) is 1.56. The molecule has 0 unspecified atom stereocenters. The molecule has 0 saturated carbocycles. The van der Waals surface area contributed by atoms with Gasteiger partial charge in [0.25, 0.3) is 0 Å². The second-order valence-corrected chi connectivity index (χ2v) is 6.52. The summed E-state index contributed by atoms with van der Waals surface area (Å²) in [6.45, 7) is 5.57. The highest BCUT2D eigenvalue weighted by atomic mass is 35.5. The first kappa shape index (κ1) is 18.0. The minimum absolute atomic E-state index is 0.0484. The van der Waals surface area contributed by atoms with E-state index in [1.165, 1.54) is 0 Å². The Morgan fingerprint density at radius 1 is 1.35 bits per heavy atom. The Bertz CT molecular complexity index is 531. The zero-order valence-electron chi connectivity index (χ0n) is 13.9. The first-order chi connectivity index (χ1) is 11.0. The van der Waals surface area contributed by atoms with Gasteiger partial charge in [0.15, 0.2) is 0 Å². The van der Waals surface area contributed by atoms with Gasteiger partial charge in [-0.05, 0) is 37.0 Å². The van der Waals surface area contributed by atoms with Crippen LogP contribution in [0.4, 0.5) is 5.69 Å². The Morgan fingerprint density at radius 3 is 2.61 bits per heavy atom. The summed E-state index contributed by atoms with van der Waals surface area (Å²) in [5.74, 6) is 0.727. The summed E-state index contributed by atoms with van der Waals surface area (Å²) in [5, 5.41) is 6.87. The van der Waals surface area contributed by atoms with Crippen LogP contribution in [-0.2, 0) is 9.53 Å². The highest BCUT2D eigenvalue weighted by molar-refractivity contribution is 6.32. The van der Waals surface area contributed by atoms with Gasteiger partial charge in [0, 0.05) is 24.9 Å². The van der Waals surface area contributed by atoms with Crippen LogP contribution in [0, 0.1) is 5.92 Å². The summed E-state index contributed by atoms with van der Waals surface area (Å²) in [4.78, 5) is 12.6. The second-order valence-electron chi connectivity index (χ2n) is 6.11. The monoisotopic (exact) mass is 340 g/mol. The van der Waals surface area contributed by atoms with Crippen molar-refractivity contribution in [1.82, 2.24) is 5.32 Å². The molecule has 0 spiro atoms. The zero-order valence-corrected chi connectivity index (χ0v) is 14.7. The Balaban J connectivity index is 2.01. The lowest BCUT2D eigenvalue weighted by molar-refractivity contribution is -0.119. The molecule has 1 aromatic carbocycles. The molecule has 23 heavy (non-hydrogen) atoms. The van der Waals surface area contributed by atoms with E-state index in [4.69, 9.17) is 21.1 Å². The molecule has 1 saturated heterocycles. The van der Waals surface area contributed by atoms with Crippen LogP contribution in [0.5, 0.6) is 5.75 Å². The van der Waals surface area contributed by atoms with Gasteiger partial charge in [0.1, 0.15) is 5.75 Å². The van der Waals surface area contributed by atoms with Gasteiger partial charge in [0.05, 0.1) is 18.2 Å². The number of benzene rings is 1. The molecule has 2 N–H and O–H groups in total. The van der Waals surface area contributed by atoms with Gasteiger partial charge in [-0.2, -0.15) is 0 Å². The van der Waals surface area contributed by atoms with Crippen LogP contribution < -0.4 is 15.4 Å². The van der Waals surface area contributed by atoms with Crippen LogP contribution in [-0.4, -0.2) is 38.3 Å². The van der Waals surface area contributed by atoms with Crippen LogP contribution >= 0.6 is 11.6 Å². The van der Waals surface area contributed by atoms with E-state index in [2.05, 4.69) is 10.6 Å². The van der Waals surface area contributed by atoms with E-state index >= 15 is 0 Å². The van der Waals surface area contributed by atoms with Crippen molar-refractivity contribution < 1.29 is 14.3 Å². The molecule has 0 radical (unpaired) electrons. The lowest BCUT2D eigenvalue weighted by atomic mass is 10.00. The van der Waals surface area contributed by atoms with Crippen LogP contribution in [0.25, 0.3) is 0 Å². The number of anilines is 1. The fraction of sp³-hybridized carbons (Fsp3) is 0.588. The van der Waals surface area contributed by atoms with Crippen molar-refractivity contribution in [3.63, 3.8) is 0 Å². The van der Waals surface area contributed by atoms with E-state index in [-0.39, 0.29) is 17.9 Å². The van der Waals surface area contributed by atoms with E-state index in [1.54, 1.807) is 25.3 Å². The average Bonchev–Trinajstić information content (AvgIpc) is 2.53. The zero-order chi connectivity index (χ0) is 16.8. The van der Waals surface area contributed by atoms with Crippen LogP contribution in [0.2, 0.25) is 5.02 Å². The van der Waals surface area contributed by atoms with Gasteiger partial charge in [-0.25, -0.2) is 0 Å². The highest BCUT2D eigenvalue weighted by Crippen LogP contribution is 2.27. The van der Waals surface area contributed by atoms with Crippen molar-refractivity contribution >= 4 is 23.2 Å². The normalized spacial score (nSPS) is 17.1. The number of hydrogen-bond acceptors (Lipinski definition) is 4. The van der Waals surface area contributed by atoms with Gasteiger partial charge in [-0.3, -0.25) is 4.79 Å². The molecular weight excluding hydrogens is 316 g/mol. The number of carbonyl (C=O) groups is 1. The third-order valence-corrected chi connectivity index (χ3v) is 4.30. The van der Waals surface area contributed by atoms with Crippen LogP contribution in [0.3, 0.4) is 0 Å². The first-order valence-corrected chi connectivity index (χ1v) is 8.37. The average molecular weight is 341 g/mol. The predicted octanol–water partition coefficient (Wildman–Crippen LogP) is 3.08. The van der Waals surface area contributed by atoms with Crippen molar-refractivity contribution in [2.75, 3.05) is 25.6 Å². The summed E-state index contributed by atoms with van der Waals surface area (Å²) in [6, 6.07) is 5.30. The molecule has 6 heteroatoms. The largest absolute Gasteiger partial charge is 0.495 e. The molecule has 1 fully saturated rings. The summed E-state index contributed by atoms with van der Waals surface area (Å²) >= 11 is 6.10. The molecular formula is C17H25ClN2O3. The quantitative estimate of drug-likeness (QED) is 0.835. The fourth-order valence-corrected chi connectivity index (χ4v) is 2.91. The number of rotatable bonds is 6. The van der Waals surface area contributed by atoms with Crippen molar-refractivity contribution in [3.8, 4) is 5.75 Å².